The topological polar surface area (TPSA) is 101 Å². The first-order valence-electron chi connectivity index (χ1n) is 12.5. The largest absolute Gasteiger partial charge is 0.490 e. The molecule has 0 radical (unpaired) electrons. The summed E-state index contributed by atoms with van der Waals surface area (Å²) in [6, 6.07) is 14.0. The van der Waals surface area contributed by atoms with Crippen molar-refractivity contribution in [2.75, 3.05) is 31.2 Å². The Labute approximate surface area is 214 Å². The molecule has 1 unspecified atom stereocenters. The third-order valence-electron chi connectivity index (χ3n) is 6.64. The van der Waals surface area contributed by atoms with Crippen LogP contribution in [0.25, 0.3) is 0 Å². The number of aliphatic carboxylic acids is 1. The van der Waals surface area contributed by atoms with Crippen molar-refractivity contribution in [3.05, 3.63) is 82.2 Å². The van der Waals surface area contributed by atoms with Gasteiger partial charge in [0, 0.05) is 38.8 Å². The van der Waals surface area contributed by atoms with Crippen LogP contribution < -0.4 is 15.8 Å². The third-order valence-corrected chi connectivity index (χ3v) is 6.64. The molecule has 0 fully saturated rings. The number of pyridine rings is 1. The molecule has 7 heteroatoms. The van der Waals surface area contributed by atoms with Crippen LogP contribution >= 0.6 is 0 Å². The Morgan fingerprint density at radius 3 is 2.72 bits per heavy atom. The molecule has 1 atom stereocenters. The van der Waals surface area contributed by atoms with Crippen LogP contribution in [0.2, 0.25) is 0 Å². The molecule has 192 valence electrons. The minimum absolute atomic E-state index is 0.00344. The van der Waals surface area contributed by atoms with Crippen LogP contribution in [0.3, 0.4) is 0 Å². The summed E-state index contributed by atoms with van der Waals surface area (Å²) >= 11 is 0. The van der Waals surface area contributed by atoms with Crippen molar-refractivity contribution in [3.63, 3.8) is 0 Å². The fourth-order valence-electron chi connectivity index (χ4n) is 4.63. The third kappa shape index (κ3) is 6.15. The van der Waals surface area contributed by atoms with Crippen molar-refractivity contribution in [3.8, 4) is 5.75 Å². The quantitative estimate of drug-likeness (QED) is 0.384. The number of nitrogens with two attached hydrogens (primary N) is 1. The van der Waals surface area contributed by atoms with Gasteiger partial charge in [0.1, 0.15) is 12.4 Å². The second-order valence-electron chi connectivity index (χ2n) is 8.83. The average Bonchev–Trinajstić information content (AvgIpc) is 3.08. The summed E-state index contributed by atoms with van der Waals surface area (Å²) in [5.41, 5.74) is 13.9. The van der Waals surface area contributed by atoms with Gasteiger partial charge in [-0.1, -0.05) is 38.1 Å². The van der Waals surface area contributed by atoms with E-state index in [4.69, 9.17) is 10.5 Å². The summed E-state index contributed by atoms with van der Waals surface area (Å²) in [6.45, 7) is 10.9. The van der Waals surface area contributed by atoms with Gasteiger partial charge in [-0.15, -0.1) is 0 Å². The number of nitrogens with zero attached hydrogens (tertiary/aromatic N) is 2. The van der Waals surface area contributed by atoms with Gasteiger partial charge in [-0.3, -0.25) is 14.7 Å². The van der Waals surface area contributed by atoms with E-state index < -0.39 is 5.97 Å². The Hall–Kier alpha value is -3.58. The highest BCUT2D eigenvalue weighted by Crippen LogP contribution is 2.36. The highest BCUT2D eigenvalue weighted by atomic mass is 16.5. The number of anilines is 2. The van der Waals surface area contributed by atoms with Crippen LogP contribution in [0.4, 0.5) is 11.4 Å². The number of aromatic nitrogens is 1. The molecule has 2 heterocycles. The van der Waals surface area contributed by atoms with Gasteiger partial charge in [0.25, 0.3) is 0 Å². The molecule has 4 rings (SSSR count). The van der Waals surface area contributed by atoms with Gasteiger partial charge in [-0.2, -0.15) is 0 Å². The van der Waals surface area contributed by atoms with Gasteiger partial charge in [-0.25, -0.2) is 0 Å². The van der Waals surface area contributed by atoms with Crippen molar-refractivity contribution in [2.45, 2.75) is 53.1 Å². The summed E-state index contributed by atoms with van der Waals surface area (Å²) < 4.78 is 5.87. The summed E-state index contributed by atoms with van der Waals surface area (Å²) in [6.07, 6.45) is 1.79. The predicted octanol–water partition coefficient (Wildman–Crippen LogP) is 5.35. The first-order valence-corrected chi connectivity index (χ1v) is 12.5. The summed E-state index contributed by atoms with van der Waals surface area (Å²) in [4.78, 5) is 18.6. The molecule has 0 saturated carbocycles. The molecule has 0 amide bonds. The number of aryl methyl sites for hydroxylation is 1. The highest BCUT2D eigenvalue weighted by Gasteiger charge is 2.23. The lowest BCUT2D eigenvalue weighted by atomic mass is 9.84. The lowest BCUT2D eigenvalue weighted by Gasteiger charge is -2.24. The number of ether oxygens (including phenoxy) is 1. The molecule has 7 nitrogen and oxygen atoms in total. The van der Waals surface area contributed by atoms with E-state index in [0.717, 1.165) is 46.9 Å². The lowest BCUT2D eigenvalue weighted by molar-refractivity contribution is -0.137. The molecular formula is C29H38N4O3. The van der Waals surface area contributed by atoms with Crippen LogP contribution in [0.5, 0.6) is 5.75 Å². The molecular weight excluding hydrogens is 452 g/mol. The Morgan fingerprint density at radius 1 is 1.22 bits per heavy atom. The van der Waals surface area contributed by atoms with Gasteiger partial charge in [0.05, 0.1) is 23.5 Å². The van der Waals surface area contributed by atoms with Crippen molar-refractivity contribution in [1.82, 2.24) is 9.88 Å². The predicted molar refractivity (Wildman–Crippen MR) is 146 cm³/mol. The van der Waals surface area contributed by atoms with Crippen LogP contribution in [-0.2, 0) is 17.9 Å². The molecule has 0 aliphatic carbocycles. The van der Waals surface area contributed by atoms with Gasteiger partial charge in [-0.05, 0) is 59.9 Å². The summed E-state index contributed by atoms with van der Waals surface area (Å²) in [7, 11) is 1.83. The standard InChI is InChI=1S/C27H32N4O3.C2H6/c1-17-6-7-19(22(14-26(32)33)21-8-9-23(29-3)27(28)18(21)2)13-20(17)15-31-11-12-34-25-5-4-10-30-24(25)16-31;1-2/h4-10,13,22,29H,11-12,14-16,28H2,1-3H3,(H,32,33);1-2H3. The summed E-state index contributed by atoms with van der Waals surface area (Å²) in [5, 5.41) is 12.8. The second-order valence-corrected chi connectivity index (χ2v) is 8.83. The first kappa shape index (κ1) is 27.0. The van der Waals surface area contributed by atoms with Crippen molar-refractivity contribution in [1.29, 1.82) is 0 Å². The zero-order valence-corrected chi connectivity index (χ0v) is 22.0. The molecule has 0 saturated heterocycles. The number of benzene rings is 2. The number of hydrogen-bond donors (Lipinski definition) is 3. The van der Waals surface area contributed by atoms with Crippen LogP contribution in [-0.4, -0.2) is 41.2 Å². The maximum absolute atomic E-state index is 11.8. The van der Waals surface area contributed by atoms with E-state index in [1.807, 2.05) is 58.2 Å². The number of carboxylic acids is 1. The van der Waals surface area contributed by atoms with Crippen LogP contribution in [0.15, 0.2) is 48.7 Å². The number of hydrogen-bond acceptors (Lipinski definition) is 6. The van der Waals surface area contributed by atoms with Crippen LogP contribution in [0, 0.1) is 13.8 Å². The molecule has 4 N–H and O–H groups in total. The second kappa shape index (κ2) is 12.4. The van der Waals surface area contributed by atoms with E-state index in [1.165, 1.54) is 11.1 Å². The van der Waals surface area contributed by atoms with Gasteiger partial charge in [0.15, 0.2) is 0 Å². The number of carbonyl (C=O) groups is 1. The molecule has 2 aromatic carbocycles. The Bertz CT molecular complexity index is 1200. The Balaban J connectivity index is 0.00000176. The van der Waals surface area contributed by atoms with Crippen molar-refractivity contribution >= 4 is 17.3 Å². The monoisotopic (exact) mass is 490 g/mol. The number of fused-ring (bicyclic) bond motifs is 1. The lowest BCUT2D eigenvalue weighted by Crippen LogP contribution is -2.26. The maximum atomic E-state index is 11.8. The fourth-order valence-corrected chi connectivity index (χ4v) is 4.63. The highest BCUT2D eigenvalue weighted by molar-refractivity contribution is 5.74. The van der Waals surface area contributed by atoms with E-state index in [9.17, 15) is 9.90 Å². The molecule has 3 aromatic rings. The normalized spacial score (nSPS) is 13.9. The molecule has 1 aromatic heterocycles. The van der Waals surface area contributed by atoms with Crippen molar-refractivity contribution in [2.24, 2.45) is 0 Å². The van der Waals surface area contributed by atoms with Crippen molar-refractivity contribution < 1.29 is 14.6 Å². The minimum Gasteiger partial charge on any atom is -0.490 e. The van der Waals surface area contributed by atoms with E-state index >= 15 is 0 Å². The van der Waals surface area contributed by atoms with Gasteiger partial charge in [0.2, 0.25) is 0 Å². The number of nitrogens with one attached hydrogen (secondary N) is 1. The zero-order chi connectivity index (χ0) is 26.2. The molecule has 1 aliphatic rings. The summed E-state index contributed by atoms with van der Waals surface area (Å²) in [5.74, 6) is -0.287. The number of nitrogen functional groups attached to an aromatic ring is 1. The van der Waals surface area contributed by atoms with Gasteiger partial charge >= 0.3 is 5.97 Å². The maximum Gasteiger partial charge on any atom is 0.304 e. The average molecular weight is 491 g/mol. The van der Waals surface area contributed by atoms with E-state index in [0.29, 0.717) is 18.8 Å². The molecule has 36 heavy (non-hydrogen) atoms. The van der Waals surface area contributed by atoms with Crippen LogP contribution in [0.1, 0.15) is 59.7 Å². The molecule has 1 aliphatic heterocycles. The first-order chi connectivity index (χ1) is 17.4. The smallest absolute Gasteiger partial charge is 0.304 e. The van der Waals surface area contributed by atoms with Gasteiger partial charge < -0.3 is 20.9 Å². The number of carboxylic acid groups (broad SMARTS) is 1. The van der Waals surface area contributed by atoms with E-state index in [-0.39, 0.29) is 12.3 Å². The minimum atomic E-state index is -0.838. The Morgan fingerprint density at radius 2 is 2.00 bits per heavy atom. The Kier molecular flexibility index (Phi) is 9.31. The van der Waals surface area contributed by atoms with E-state index in [2.05, 4.69) is 34.3 Å². The zero-order valence-electron chi connectivity index (χ0n) is 22.0. The van der Waals surface area contributed by atoms with E-state index in [1.54, 1.807) is 6.20 Å². The SMILES string of the molecule is CC.CNc1ccc(C(CC(=O)O)c2ccc(C)c(CN3CCOc4cccnc4C3)c2)c(C)c1N. The molecule has 0 bridgehead atoms. The molecule has 0 spiro atoms. The fraction of sp³-hybridized carbons (Fsp3) is 0.379. The number of rotatable bonds is 7.